The lowest BCUT2D eigenvalue weighted by atomic mass is 10.2. The van der Waals surface area contributed by atoms with E-state index < -0.39 is 4.92 Å². The molecule has 0 bridgehead atoms. The van der Waals surface area contributed by atoms with Crippen molar-refractivity contribution in [3.63, 3.8) is 0 Å². The van der Waals surface area contributed by atoms with Gasteiger partial charge in [-0.2, -0.15) is 0 Å². The first-order valence-corrected chi connectivity index (χ1v) is 6.55. The number of anilines is 3. The molecule has 1 heterocycles. The maximum absolute atomic E-state index is 11.5. The summed E-state index contributed by atoms with van der Waals surface area (Å²) in [6.07, 6.45) is 1.35. The van der Waals surface area contributed by atoms with E-state index in [-0.39, 0.29) is 5.69 Å². The summed E-state index contributed by atoms with van der Waals surface area (Å²) in [6.45, 7) is 2.49. The smallest absolute Gasteiger partial charge is 0.353 e. The van der Waals surface area contributed by atoms with Crippen LogP contribution >= 0.6 is 0 Å². The Hall–Kier alpha value is -2.70. The van der Waals surface area contributed by atoms with Gasteiger partial charge in [0.05, 0.1) is 4.92 Å². The van der Waals surface area contributed by atoms with Crippen LogP contribution in [0.3, 0.4) is 0 Å². The molecular formula is C14H17N5O2. The molecule has 0 aliphatic rings. The monoisotopic (exact) mass is 287 g/mol. The Morgan fingerprint density at radius 3 is 2.29 bits per heavy atom. The molecule has 0 fully saturated rings. The van der Waals surface area contributed by atoms with Crippen LogP contribution in [0.15, 0.2) is 36.7 Å². The minimum Gasteiger partial charge on any atom is -0.357 e. The Bertz CT molecular complexity index is 631. The van der Waals surface area contributed by atoms with Gasteiger partial charge in [0, 0.05) is 26.3 Å². The Labute approximate surface area is 123 Å². The number of nitro groups is 1. The number of nitrogens with zero attached hydrogens (tertiary/aromatic N) is 5. The number of para-hydroxylation sites is 1. The standard InChI is InChI=1S/C14H17N5O2/c1-4-18(11-8-6-5-7-9-11)14-12(19(20)21)13(17(2)3)15-10-16-14/h5-10H,4H2,1-3H3. The highest BCUT2D eigenvalue weighted by Gasteiger charge is 2.28. The summed E-state index contributed by atoms with van der Waals surface area (Å²) in [5.41, 5.74) is 0.764. The van der Waals surface area contributed by atoms with Gasteiger partial charge in [-0.25, -0.2) is 9.97 Å². The molecule has 0 aliphatic heterocycles. The lowest BCUT2D eigenvalue weighted by Crippen LogP contribution is -2.21. The quantitative estimate of drug-likeness (QED) is 0.621. The topological polar surface area (TPSA) is 75.4 Å². The van der Waals surface area contributed by atoms with Gasteiger partial charge < -0.3 is 9.80 Å². The Balaban J connectivity index is 2.62. The van der Waals surface area contributed by atoms with Gasteiger partial charge in [-0.3, -0.25) is 10.1 Å². The van der Waals surface area contributed by atoms with Crippen molar-refractivity contribution in [2.24, 2.45) is 0 Å². The highest BCUT2D eigenvalue weighted by atomic mass is 16.6. The van der Waals surface area contributed by atoms with E-state index in [0.29, 0.717) is 18.2 Å². The van der Waals surface area contributed by atoms with Crippen LogP contribution in [-0.4, -0.2) is 35.5 Å². The minimum absolute atomic E-state index is 0.0896. The van der Waals surface area contributed by atoms with Crippen LogP contribution in [0, 0.1) is 10.1 Å². The number of aromatic nitrogens is 2. The van der Waals surface area contributed by atoms with E-state index in [2.05, 4.69) is 9.97 Å². The van der Waals surface area contributed by atoms with Gasteiger partial charge in [0.25, 0.3) is 0 Å². The van der Waals surface area contributed by atoms with E-state index in [1.807, 2.05) is 37.3 Å². The summed E-state index contributed by atoms with van der Waals surface area (Å²) >= 11 is 0. The molecule has 0 atom stereocenters. The maximum Gasteiger partial charge on any atom is 0.353 e. The first-order chi connectivity index (χ1) is 10.1. The molecule has 110 valence electrons. The molecule has 0 saturated carbocycles. The second-order valence-electron chi connectivity index (χ2n) is 4.60. The highest BCUT2D eigenvalue weighted by Crippen LogP contribution is 2.36. The van der Waals surface area contributed by atoms with Crippen LogP contribution in [-0.2, 0) is 0 Å². The van der Waals surface area contributed by atoms with Crippen molar-refractivity contribution in [2.45, 2.75) is 6.92 Å². The molecule has 0 aliphatic carbocycles. The van der Waals surface area contributed by atoms with Crippen molar-refractivity contribution in [2.75, 3.05) is 30.4 Å². The zero-order valence-electron chi connectivity index (χ0n) is 12.2. The fraction of sp³-hybridized carbons (Fsp3) is 0.286. The van der Waals surface area contributed by atoms with Gasteiger partial charge in [0.2, 0.25) is 11.6 Å². The molecule has 1 aromatic heterocycles. The number of hydrogen-bond donors (Lipinski definition) is 0. The van der Waals surface area contributed by atoms with E-state index in [1.54, 1.807) is 23.9 Å². The molecule has 0 spiro atoms. The summed E-state index contributed by atoms with van der Waals surface area (Å²) in [5.74, 6) is 0.590. The predicted molar refractivity (Wildman–Crippen MR) is 82.1 cm³/mol. The van der Waals surface area contributed by atoms with Gasteiger partial charge in [-0.05, 0) is 19.1 Å². The zero-order valence-corrected chi connectivity index (χ0v) is 12.2. The summed E-state index contributed by atoms with van der Waals surface area (Å²) in [5, 5.41) is 11.5. The molecule has 0 amide bonds. The van der Waals surface area contributed by atoms with Crippen molar-refractivity contribution in [3.05, 3.63) is 46.8 Å². The van der Waals surface area contributed by atoms with Crippen molar-refractivity contribution in [1.29, 1.82) is 0 Å². The molecule has 1 aromatic carbocycles. The number of rotatable bonds is 5. The third-order valence-corrected chi connectivity index (χ3v) is 3.03. The molecule has 0 unspecified atom stereocenters. The van der Waals surface area contributed by atoms with Gasteiger partial charge in [0.15, 0.2) is 0 Å². The fourth-order valence-electron chi connectivity index (χ4n) is 2.11. The van der Waals surface area contributed by atoms with Crippen molar-refractivity contribution in [1.82, 2.24) is 9.97 Å². The fourth-order valence-corrected chi connectivity index (χ4v) is 2.11. The number of benzene rings is 1. The SMILES string of the molecule is CCN(c1ccccc1)c1ncnc(N(C)C)c1[N+](=O)[O-]. The van der Waals surface area contributed by atoms with E-state index in [4.69, 9.17) is 0 Å². The normalized spacial score (nSPS) is 10.2. The molecule has 7 heteroatoms. The van der Waals surface area contributed by atoms with Crippen LogP contribution in [0.1, 0.15) is 6.92 Å². The van der Waals surface area contributed by atoms with Crippen LogP contribution < -0.4 is 9.80 Å². The van der Waals surface area contributed by atoms with E-state index in [0.717, 1.165) is 5.69 Å². The Kier molecular flexibility index (Phi) is 4.32. The van der Waals surface area contributed by atoms with Gasteiger partial charge in [-0.1, -0.05) is 18.2 Å². The third kappa shape index (κ3) is 2.91. The lowest BCUT2D eigenvalue weighted by molar-refractivity contribution is -0.383. The summed E-state index contributed by atoms with van der Waals surface area (Å²) in [6, 6.07) is 9.46. The lowest BCUT2D eigenvalue weighted by Gasteiger charge is -2.23. The second kappa shape index (κ2) is 6.17. The van der Waals surface area contributed by atoms with Crippen LogP contribution in [0.2, 0.25) is 0 Å². The van der Waals surface area contributed by atoms with Crippen molar-refractivity contribution < 1.29 is 4.92 Å². The summed E-state index contributed by atoms with van der Waals surface area (Å²) in [4.78, 5) is 22.6. The zero-order chi connectivity index (χ0) is 15.4. The Morgan fingerprint density at radius 2 is 1.76 bits per heavy atom. The molecule has 7 nitrogen and oxygen atoms in total. The molecular weight excluding hydrogens is 270 g/mol. The predicted octanol–water partition coefficient (Wildman–Crippen LogP) is 2.61. The van der Waals surface area contributed by atoms with Crippen LogP contribution in [0.4, 0.5) is 23.0 Å². The van der Waals surface area contributed by atoms with Crippen LogP contribution in [0.5, 0.6) is 0 Å². The minimum atomic E-state index is -0.434. The second-order valence-corrected chi connectivity index (χ2v) is 4.60. The highest BCUT2D eigenvalue weighted by molar-refractivity contribution is 5.75. The molecule has 2 aromatic rings. The number of hydrogen-bond acceptors (Lipinski definition) is 6. The maximum atomic E-state index is 11.5. The first-order valence-electron chi connectivity index (χ1n) is 6.55. The molecule has 0 saturated heterocycles. The largest absolute Gasteiger partial charge is 0.357 e. The molecule has 21 heavy (non-hydrogen) atoms. The molecule has 0 N–H and O–H groups in total. The first kappa shape index (κ1) is 14.7. The third-order valence-electron chi connectivity index (χ3n) is 3.03. The average Bonchev–Trinajstić information content (AvgIpc) is 2.48. The average molecular weight is 287 g/mol. The van der Waals surface area contributed by atoms with Gasteiger partial charge >= 0.3 is 5.69 Å². The van der Waals surface area contributed by atoms with Crippen molar-refractivity contribution in [3.8, 4) is 0 Å². The summed E-state index contributed by atoms with van der Waals surface area (Å²) < 4.78 is 0. The van der Waals surface area contributed by atoms with Crippen LogP contribution in [0.25, 0.3) is 0 Å². The Morgan fingerprint density at radius 1 is 1.14 bits per heavy atom. The van der Waals surface area contributed by atoms with E-state index in [9.17, 15) is 10.1 Å². The molecule has 2 rings (SSSR count). The van der Waals surface area contributed by atoms with E-state index in [1.165, 1.54) is 6.33 Å². The van der Waals surface area contributed by atoms with Gasteiger partial charge in [0.1, 0.15) is 6.33 Å². The van der Waals surface area contributed by atoms with Gasteiger partial charge in [-0.15, -0.1) is 0 Å². The van der Waals surface area contributed by atoms with Crippen molar-refractivity contribution >= 4 is 23.0 Å². The molecule has 0 radical (unpaired) electrons. The van der Waals surface area contributed by atoms with E-state index >= 15 is 0 Å². The summed E-state index contributed by atoms with van der Waals surface area (Å²) in [7, 11) is 3.44.